The molecule has 3 heteroatoms. The first-order valence-corrected chi connectivity index (χ1v) is 6.11. The molecule has 0 aromatic carbocycles. The zero-order valence-corrected chi connectivity index (χ0v) is 10.0. The highest BCUT2D eigenvalue weighted by molar-refractivity contribution is 5.78. The zero-order chi connectivity index (χ0) is 11.3. The fourth-order valence-corrected chi connectivity index (χ4v) is 2.17. The van der Waals surface area contributed by atoms with Crippen molar-refractivity contribution in [3.05, 3.63) is 0 Å². The molecule has 2 N–H and O–H groups in total. The number of rotatable bonds is 4. The molecule has 88 valence electrons. The van der Waals surface area contributed by atoms with Crippen molar-refractivity contribution in [3.8, 4) is 0 Å². The first kappa shape index (κ1) is 12.5. The summed E-state index contributed by atoms with van der Waals surface area (Å²) in [6, 6.07) is 0. The normalized spacial score (nSPS) is 18.5. The largest absolute Gasteiger partial charge is 0.342 e. The van der Waals surface area contributed by atoms with E-state index in [0.29, 0.717) is 0 Å². The van der Waals surface area contributed by atoms with E-state index in [2.05, 4.69) is 13.8 Å². The Kier molecular flexibility index (Phi) is 5.09. The number of piperidine rings is 1. The molecule has 0 aromatic rings. The van der Waals surface area contributed by atoms with Crippen molar-refractivity contribution < 1.29 is 4.79 Å². The van der Waals surface area contributed by atoms with Crippen LogP contribution in [-0.4, -0.2) is 30.4 Å². The minimum Gasteiger partial charge on any atom is -0.342 e. The van der Waals surface area contributed by atoms with E-state index in [1.165, 1.54) is 25.7 Å². The van der Waals surface area contributed by atoms with Gasteiger partial charge < -0.3 is 10.6 Å². The number of hydrogen-bond donors (Lipinski definition) is 1. The van der Waals surface area contributed by atoms with Gasteiger partial charge in [0.2, 0.25) is 5.91 Å². The van der Waals surface area contributed by atoms with Crippen LogP contribution in [0.2, 0.25) is 0 Å². The summed E-state index contributed by atoms with van der Waals surface area (Å²) in [4.78, 5) is 13.2. The van der Waals surface area contributed by atoms with Crippen molar-refractivity contribution in [1.29, 1.82) is 0 Å². The Morgan fingerprint density at radius 2 is 2.00 bits per heavy atom. The second-order valence-electron chi connectivity index (χ2n) is 5.00. The third-order valence-corrected chi connectivity index (χ3v) is 3.29. The molecular formula is C12H24N2O. The maximum atomic E-state index is 11.3. The molecule has 0 saturated carbocycles. The number of nitrogens with zero attached hydrogens (tertiary/aromatic N) is 1. The van der Waals surface area contributed by atoms with Gasteiger partial charge >= 0.3 is 0 Å². The van der Waals surface area contributed by atoms with Gasteiger partial charge in [0.1, 0.15) is 0 Å². The Hall–Kier alpha value is -0.570. The van der Waals surface area contributed by atoms with Crippen LogP contribution < -0.4 is 5.73 Å². The van der Waals surface area contributed by atoms with E-state index < -0.39 is 0 Å². The number of carbonyl (C=O) groups is 1. The number of likely N-dealkylation sites (tertiary alicyclic amines) is 1. The van der Waals surface area contributed by atoms with E-state index in [9.17, 15) is 4.79 Å². The van der Waals surface area contributed by atoms with Gasteiger partial charge in [0, 0.05) is 13.1 Å². The fourth-order valence-electron chi connectivity index (χ4n) is 2.17. The van der Waals surface area contributed by atoms with Crippen molar-refractivity contribution in [2.75, 3.05) is 19.6 Å². The van der Waals surface area contributed by atoms with Crippen LogP contribution in [0.3, 0.4) is 0 Å². The van der Waals surface area contributed by atoms with Crippen molar-refractivity contribution in [2.45, 2.75) is 39.5 Å². The molecule has 0 bridgehead atoms. The Labute approximate surface area is 93.0 Å². The summed E-state index contributed by atoms with van der Waals surface area (Å²) in [7, 11) is 0. The molecule has 0 spiro atoms. The minimum atomic E-state index is 0.109. The maximum absolute atomic E-state index is 11.3. The second kappa shape index (κ2) is 6.11. The molecule has 0 aliphatic carbocycles. The van der Waals surface area contributed by atoms with Gasteiger partial charge in [-0.05, 0) is 24.7 Å². The summed E-state index contributed by atoms with van der Waals surface area (Å²) >= 11 is 0. The molecule has 1 aliphatic heterocycles. The van der Waals surface area contributed by atoms with Crippen molar-refractivity contribution in [3.63, 3.8) is 0 Å². The monoisotopic (exact) mass is 212 g/mol. The van der Waals surface area contributed by atoms with E-state index in [0.717, 1.165) is 24.9 Å². The van der Waals surface area contributed by atoms with Gasteiger partial charge in [0.15, 0.2) is 0 Å². The van der Waals surface area contributed by atoms with Gasteiger partial charge in [-0.15, -0.1) is 0 Å². The lowest BCUT2D eigenvalue weighted by molar-refractivity contribution is -0.131. The Morgan fingerprint density at radius 1 is 1.40 bits per heavy atom. The SMILES string of the molecule is CC(C)CCC1CCN(C(=O)CN)CC1. The quantitative estimate of drug-likeness (QED) is 0.769. The van der Waals surface area contributed by atoms with Crippen molar-refractivity contribution in [2.24, 2.45) is 17.6 Å². The predicted molar refractivity (Wildman–Crippen MR) is 62.4 cm³/mol. The highest BCUT2D eigenvalue weighted by Crippen LogP contribution is 2.23. The van der Waals surface area contributed by atoms with Crippen LogP contribution in [0.25, 0.3) is 0 Å². The summed E-state index contributed by atoms with van der Waals surface area (Å²) in [6.45, 7) is 6.54. The molecule has 1 amide bonds. The molecule has 3 nitrogen and oxygen atoms in total. The lowest BCUT2D eigenvalue weighted by atomic mass is 9.89. The van der Waals surface area contributed by atoms with Crippen LogP contribution in [0.1, 0.15) is 39.5 Å². The van der Waals surface area contributed by atoms with Crippen molar-refractivity contribution in [1.82, 2.24) is 4.90 Å². The molecule has 1 fully saturated rings. The average Bonchev–Trinajstić information content (AvgIpc) is 2.26. The fraction of sp³-hybridized carbons (Fsp3) is 0.917. The highest BCUT2D eigenvalue weighted by Gasteiger charge is 2.21. The zero-order valence-electron chi connectivity index (χ0n) is 10.0. The maximum Gasteiger partial charge on any atom is 0.236 e. The van der Waals surface area contributed by atoms with Crippen molar-refractivity contribution >= 4 is 5.91 Å². The number of hydrogen-bond acceptors (Lipinski definition) is 2. The number of nitrogens with two attached hydrogens (primary N) is 1. The van der Waals surface area contributed by atoms with Gasteiger partial charge in [-0.3, -0.25) is 4.79 Å². The Balaban J connectivity index is 2.21. The third kappa shape index (κ3) is 4.20. The lowest BCUT2D eigenvalue weighted by Gasteiger charge is -2.32. The molecule has 15 heavy (non-hydrogen) atoms. The van der Waals surface area contributed by atoms with Crippen LogP contribution in [0.15, 0.2) is 0 Å². The van der Waals surface area contributed by atoms with Gasteiger partial charge in [0.25, 0.3) is 0 Å². The van der Waals surface area contributed by atoms with Gasteiger partial charge in [0.05, 0.1) is 6.54 Å². The predicted octanol–water partition coefficient (Wildman–Crippen LogP) is 1.62. The molecule has 1 rings (SSSR count). The van der Waals surface area contributed by atoms with E-state index >= 15 is 0 Å². The first-order valence-electron chi connectivity index (χ1n) is 6.11. The number of amides is 1. The molecular weight excluding hydrogens is 188 g/mol. The van der Waals surface area contributed by atoms with Gasteiger partial charge in [-0.2, -0.15) is 0 Å². The first-order chi connectivity index (χ1) is 7.13. The molecule has 1 saturated heterocycles. The Bertz CT molecular complexity index is 196. The third-order valence-electron chi connectivity index (χ3n) is 3.29. The summed E-state index contributed by atoms with van der Waals surface area (Å²) < 4.78 is 0. The van der Waals surface area contributed by atoms with Crippen LogP contribution in [0.4, 0.5) is 0 Å². The van der Waals surface area contributed by atoms with Crippen LogP contribution in [0.5, 0.6) is 0 Å². The summed E-state index contributed by atoms with van der Waals surface area (Å²) in [5, 5.41) is 0. The highest BCUT2D eigenvalue weighted by atomic mass is 16.2. The van der Waals surface area contributed by atoms with E-state index in [1.54, 1.807) is 0 Å². The molecule has 1 aliphatic rings. The summed E-state index contributed by atoms with van der Waals surface area (Å²) in [5.41, 5.74) is 5.34. The molecule has 0 aromatic heterocycles. The minimum absolute atomic E-state index is 0.109. The van der Waals surface area contributed by atoms with Crippen LogP contribution in [0, 0.1) is 11.8 Å². The Morgan fingerprint density at radius 3 is 2.47 bits per heavy atom. The smallest absolute Gasteiger partial charge is 0.236 e. The van der Waals surface area contributed by atoms with Crippen LogP contribution >= 0.6 is 0 Å². The van der Waals surface area contributed by atoms with E-state index in [1.807, 2.05) is 4.90 Å². The second-order valence-corrected chi connectivity index (χ2v) is 5.00. The van der Waals surface area contributed by atoms with Gasteiger partial charge in [-0.1, -0.05) is 26.7 Å². The molecule has 0 unspecified atom stereocenters. The topological polar surface area (TPSA) is 46.3 Å². The van der Waals surface area contributed by atoms with Gasteiger partial charge in [-0.25, -0.2) is 0 Å². The van der Waals surface area contributed by atoms with E-state index in [-0.39, 0.29) is 12.5 Å². The molecule has 0 radical (unpaired) electrons. The summed E-state index contributed by atoms with van der Waals surface area (Å²) in [5.74, 6) is 1.74. The molecule has 1 heterocycles. The summed E-state index contributed by atoms with van der Waals surface area (Å²) in [6.07, 6.45) is 4.97. The standard InChI is InChI=1S/C12H24N2O/c1-10(2)3-4-11-5-7-14(8-6-11)12(15)9-13/h10-11H,3-9,13H2,1-2H3. The molecule has 0 atom stereocenters. The lowest BCUT2D eigenvalue weighted by Crippen LogP contribution is -2.41. The van der Waals surface area contributed by atoms with E-state index in [4.69, 9.17) is 5.73 Å². The number of carbonyl (C=O) groups excluding carboxylic acids is 1. The average molecular weight is 212 g/mol. The van der Waals surface area contributed by atoms with Crippen LogP contribution in [-0.2, 0) is 4.79 Å².